The van der Waals surface area contributed by atoms with Crippen molar-refractivity contribution < 1.29 is 28.6 Å². The Balaban J connectivity index is 1.27. The summed E-state index contributed by atoms with van der Waals surface area (Å²) in [4.78, 5) is 45.7. The average Bonchev–Trinajstić information content (AvgIpc) is 3.05. The number of hydrogen-bond donors (Lipinski definition) is 1. The van der Waals surface area contributed by atoms with Gasteiger partial charge >= 0.3 is 12.1 Å². The quantitative estimate of drug-likeness (QED) is 0.237. The van der Waals surface area contributed by atoms with Crippen molar-refractivity contribution in [2.75, 3.05) is 35.3 Å². The maximum Gasteiger partial charge on any atom is 0.415 e. The molecule has 0 radical (unpaired) electrons. The topological polar surface area (TPSA) is 110 Å². The highest BCUT2D eigenvalue weighted by Gasteiger charge is 2.29. The van der Waals surface area contributed by atoms with E-state index in [1.165, 1.54) is 12.0 Å². The lowest BCUT2D eigenvalue weighted by molar-refractivity contribution is -0.142. The van der Waals surface area contributed by atoms with Gasteiger partial charge in [0.2, 0.25) is 5.91 Å². The molecule has 1 unspecified atom stereocenters. The van der Waals surface area contributed by atoms with Crippen LogP contribution in [0.1, 0.15) is 18.4 Å². The standard InChI is InChI=1S/C33H32N4O6/c1-41-32(39)21-27-22-37(26-12-6-3-7-13-26)28-20-25(15-16-29(28)43-27)35-31(38)17-19-36(30-14-8-9-18-34-30)33(40)42-23-24-10-4-2-5-11-24/h2-16,18,20,27H,17,19,21-23H2,1H3,(H,35,38). The summed E-state index contributed by atoms with van der Waals surface area (Å²) in [5.41, 5.74) is 3.10. The van der Waals surface area contributed by atoms with Crippen LogP contribution >= 0.6 is 0 Å². The van der Waals surface area contributed by atoms with Gasteiger partial charge in [-0.2, -0.15) is 0 Å². The Morgan fingerprint density at radius 3 is 2.44 bits per heavy atom. The van der Waals surface area contributed by atoms with Gasteiger partial charge < -0.3 is 24.4 Å². The largest absolute Gasteiger partial charge is 0.486 e. The molecular weight excluding hydrogens is 548 g/mol. The third kappa shape index (κ3) is 7.68. The molecule has 10 nitrogen and oxygen atoms in total. The van der Waals surface area contributed by atoms with E-state index in [2.05, 4.69) is 10.3 Å². The molecule has 2 heterocycles. The number of benzene rings is 3. The summed E-state index contributed by atoms with van der Waals surface area (Å²) in [6, 6.07) is 29.7. The van der Waals surface area contributed by atoms with E-state index in [-0.39, 0.29) is 37.9 Å². The fourth-order valence-corrected chi connectivity index (χ4v) is 4.70. The van der Waals surface area contributed by atoms with E-state index in [4.69, 9.17) is 14.2 Å². The van der Waals surface area contributed by atoms with Gasteiger partial charge in [0, 0.05) is 30.5 Å². The number of nitrogens with zero attached hydrogens (tertiary/aromatic N) is 3. The minimum atomic E-state index is -0.596. The van der Waals surface area contributed by atoms with Gasteiger partial charge in [0.1, 0.15) is 24.3 Å². The van der Waals surface area contributed by atoms with Crippen molar-refractivity contribution in [1.29, 1.82) is 0 Å². The SMILES string of the molecule is COC(=O)CC1CN(c2ccccc2)c2cc(NC(=O)CCN(C(=O)OCc3ccccc3)c3ccccn3)ccc2O1. The van der Waals surface area contributed by atoms with Crippen LogP contribution in [-0.4, -0.2) is 49.3 Å². The molecule has 0 saturated carbocycles. The number of rotatable bonds is 10. The van der Waals surface area contributed by atoms with Gasteiger partial charge in [-0.1, -0.05) is 54.6 Å². The number of amides is 2. The van der Waals surface area contributed by atoms with Crippen molar-refractivity contribution in [2.24, 2.45) is 0 Å². The number of hydrogen-bond acceptors (Lipinski definition) is 8. The zero-order valence-electron chi connectivity index (χ0n) is 23.7. The first kappa shape index (κ1) is 29.1. The van der Waals surface area contributed by atoms with Gasteiger partial charge in [-0.3, -0.25) is 14.5 Å². The van der Waals surface area contributed by atoms with Crippen LogP contribution in [-0.2, 0) is 25.7 Å². The van der Waals surface area contributed by atoms with Gasteiger partial charge in [0.25, 0.3) is 0 Å². The second-order valence-corrected chi connectivity index (χ2v) is 9.83. The lowest BCUT2D eigenvalue weighted by atomic mass is 10.1. The van der Waals surface area contributed by atoms with Crippen molar-refractivity contribution in [3.05, 3.63) is 109 Å². The number of methoxy groups -OCH3 is 1. The van der Waals surface area contributed by atoms with Crippen LogP contribution in [0.2, 0.25) is 0 Å². The van der Waals surface area contributed by atoms with Gasteiger partial charge in [0.05, 0.1) is 25.8 Å². The van der Waals surface area contributed by atoms with Crippen molar-refractivity contribution in [3.63, 3.8) is 0 Å². The van der Waals surface area contributed by atoms with E-state index in [1.54, 1.807) is 36.5 Å². The Morgan fingerprint density at radius 1 is 0.977 bits per heavy atom. The smallest absolute Gasteiger partial charge is 0.415 e. The van der Waals surface area contributed by atoms with Crippen LogP contribution in [0.4, 0.5) is 27.7 Å². The minimum Gasteiger partial charge on any atom is -0.486 e. The summed E-state index contributed by atoms with van der Waals surface area (Å²) >= 11 is 0. The second kappa shape index (κ2) is 14.0. The molecule has 0 aliphatic carbocycles. The molecule has 5 rings (SSSR count). The molecule has 4 aromatic rings. The van der Waals surface area contributed by atoms with E-state index in [9.17, 15) is 14.4 Å². The summed E-state index contributed by atoms with van der Waals surface area (Å²) in [5, 5.41) is 2.93. The first-order chi connectivity index (χ1) is 21.0. The molecule has 0 bridgehead atoms. The normalized spacial score (nSPS) is 13.7. The maximum absolute atomic E-state index is 13.1. The van der Waals surface area contributed by atoms with Gasteiger partial charge in [0.15, 0.2) is 0 Å². The van der Waals surface area contributed by atoms with Crippen LogP contribution in [0.3, 0.4) is 0 Å². The Morgan fingerprint density at radius 2 is 1.72 bits per heavy atom. The zero-order valence-corrected chi connectivity index (χ0v) is 23.7. The number of fused-ring (bicyclic) bond motifs is 1. The third-order valence-corrected chi connectivity index (χ3v) is 6.82. The summed E-state index contributed by atoms with van der Waals surface area (Å²) in [5.74, 6) is 0.334. The van der Waals surface area contributed by atoms with E-state index in [0.29, 0.717) is 23.8 Å². The monoisotopic (exact) mass is 580 g/mol. The molecule has 1 atom stereocenters. The molecule has 43 heavy (non-hydrogen) atoms. The molecule has 1 aromatic heterocycles. The molecule has 1 aliphatic heterocycles. The molecule has 0 fully saturated rings. The number of carbonyl (C=O) groups is 3. The second-order valence-electron chi connectivity index (χ2n) is 9.83. The van der Waals surface area contributed by atoms with Gasteiger partial charge in [-0.25, -0.2) is 9.78 Å². The van der Waals surface area contributed by atoms with E-state index >= 15 is 0 Å². The molecule has 0 saturated heterocycles. The highest BCUT2D eigenvalue weighted by molar-refractivity contribution is 5.94. The van der Waals surface area contributed by atoms with Crippen LogP contribution in [0, 0.1) is 0 Å². The average molecular weight is 581 g/mol. The van der Waals surface area contributed by atoms with Crippen molar-refractivity contribution >= 4 is 40.8 Å². The number of ether oxygens (including phenoxy) is 3. The summed E-state index contributed by atoms with van der Waals surface area (Å²) in [7, 11) is 1.35. The number of para-hydroxylation sites is 1. The Hall–Kier alpha value is -5.38. The fourth-order valence-electron chi connectivity index (χ4n) is 4.70. The lowest BCUT2D eigenvalue weighted by Gasteiger charge is -2.36. The van der Waals surface area contributed by atoms with Crippen molar-refractivity contribution in [1.82, 2.24) is 4.98 Å². The zero-order chi connectivity index (χ0) is 30.0. The Kier molecular flexibility index (Phi) is 9.48. The molecule has 220 valence electrons. The number of carbonyl (C=O) groups excluding carboxylic acids is 3. The minimum absolute atomic E-state index is 0.00813. The van der Waals surface area contributed by atoms with Crippen LogP contribution in [0.5, 0.6) is 5.75 Å². The van der Waals surface area contributed by atoms with Crippen LogP contribution in [0.25, 0.3) is 0 Å². The lowest BCUT2D eigenvalue weighted by Crippen LogP contribution is -2.39. The van der Waals surface area contributed by atoms with Crippen molar-refractivity contribution in [3.8, 4) is 5.75 Å². The molecular formula is C33H32N4O6. The molecule has 3 aromatic carbocycles. The van der Waals surface area contributed by atoms with Gasteiger partial charge in [-0.15, -0.1) is 0 Å². The predicted octanol–water partition coefficient (Wildman–Crippen LogP) is 5.72. The number of nitrogens with one attached hydrogen (secondary N) is 1. The van der Waals surface area contributed by atoms with E-state index < -0.39 is 12.2 Å². The maximum atomic E-state index is 13.1. The predicted molar refractivity (Wildman–Crippen MR) is 162 cm³/mol. The number of aromatic nitrogens is 1. The highest BCUT2D eigenvalue weighted by atomic mass is 16.6. The molecule has 1 N–H and O–H groups in total. The Labute approximate surface area is 249 Å². The van der Waals surface area contributed by atoms with Crippen LogP contribution < -0.4 is 19.9 Å². The summed E-state index contributed by atoms with van der Waals surface area (Å²) in [6.07, 6.45) is 0.698. The molecule has 10 heteroatoms. The van der Waals surface area contributed by atoms with Crippen LogP contribution in [0.15, 0.2) is 103 Å². The molecule has 2 amide bonds. The number of esters is 1. The number of anilines is 4. The summed E-state index contributed by atoms with van der Waals surface area (Å²) in [6.45, 7) is 0.592. The Bertz CT molecular complexity index is 1540. The van der Waals surface area contributed by atoms with Crippen molar-refractivity contribution in [2.45, 2.75) is 25.6 Å². The highest BCUT2D eigenvalue weighted by Crippen LogP contribution is 2.40. The first-order valence-electron chi connectivity index (χ1n) is 13.9. The summed E-state index contributed by atoms with van der Waals surface area (Å²) < 4.78 is 16.5. The third-order valence-electron chi connectivity index (χ3n) is 6.82. The number of pyridine rings is 1. The van der Waals surface area contributed by atoms with E-state index in [1.807, 2.05) is 71.6 Å². The fraction of sp³-hybridized carbons (Fsp3) is 0.212. The van der Waals surface area contributed by atoms with E-state index in [0.717, 1.165) is 16.9 Å². The molecule has 1 aliphatic rings. The van der Waals surface area contributed by atoms with Gasteiger partial charge in [-0.05, 0) is 48.0 Å². The first-order valence-corrected chi connectivity index (χ1v) is 13.9. The molecule has 0 spiro atoms.